The number of aliphatic hydroxyl groups excluding tert-OH is 1. The molecule has 1 rings (SSSR count). The first-order chi connectivity index (χ1) is 8.67. The largest absolute Gasteiger partial charge is 0.395 e. The quantitative estimate of drug-likeness (QED) is 0.373. The lowest BCUT2D eigenvalue weighted by Crippen LogP contribution is -2.27. The van der Waals surface area contributed by atoms with Crippen molar-refractivity contribution in [2.75, 3.05) is 20.2 Å². The van der Waals surface area contributed by atoms with Crippen molar-refractivity contribution in [2.45, 2.75) is 0 Å². The van der Waals surface area contributed by atoms with Gasteiger partial charge in [0.05, 0.1) is 6.61 Å². The third-order valence-corrected chi connectivity index (χ3v) is 2.28. The molecule has 6 heteroatoms. The third-order valence-electron chi connectivity index (χ3n) is 2.28. The maximum Gasteiger partial charge on any atom is 0.246 e. The van der Waals surface area contributed by atoms with Gasteiger partial charge in [0.25, 0.3) is 0 Å². The van der Waals surface area contributed by atoms with Gasteiger partial charge in [-0.3, -0.25) is 4.79 Å². The topological polar surface area (TPSA) is 89.3 Å². The second kappa shape index (κ2) is 7.11. The Morgan fingerprint density at radius 3 is 2.72 bits per heavy atom. The van der Waals surface area contributed by atoms with Crippen molar-refractivity contribution >= 4 is 17.7 Å². The van der Waals surface area contributed by atoms with Crippen LogP contribution < -0.4 is 0 Å². The van der Waals surface area contributed by atoms with Crippen LogP contribution in [0.15, 0.2) is 35.5 Å². The van der Waals surface area contributed by atoms with E-state index in [0.717, 1.165) is 5.56 Å². The molecule has 0 atom stereocenters. The predicted octanol–water partition coefficient (Wildman–Crippen LogP) is 2.09. The summed E-state index contributed by atoms with van der Waals surface area (Å²) in [6, 6.07) is 6.84. The number of azide groups is 1. The van der Waals surface area contributed by atoms with E-state index >= 15 is 0 Å². The number of likely N-dealkylation sites (N-methyl/N-ethyl adjacent to an activating group) is 1. The van der Waals surface area contributed by atoms with Crippen molar-refractivity contribution in [1.29, 1.82) is 0 Å². The number of hydrogen-bond acceptors (Lipinski definition) is 3. The Balaban J connectivity index is 2.66. The van der Waals surface area contributed by atoms with E-state index < -0.39 is 0 Å². The van der Waals surface area contributed by atoms with Crippen LogP contribution in [-0.4, -0.2) is 36.1 Å². The molecule has 1 aromatic carbocycles. The van der Waals surface area contributed by atoms with Gasteiger partial charge in [-0.15, -0.1) is 0 Å². The fraction of sp³-hybridized carbons (Fsp3) is 0.250. The normalized spacial score (nSPS) is 10.1. The SMILES string of the molecule is CN(CCO)C(=O)/C=C/c1ccc(N=[N+]=[N-])cc1. The second-order valence-corrected chi connectivity index (χ2v) is 3.60. The van der Waals surface area contributed by atoms with E-state index in [-0.39, 0.29) is 12.5 Å². The monoisotopic (exact) mass is 246 g/mol. The highest BCUT2D eigenvalue weighted by molar-refractivity contribution is 5.91. The van der Waals surface area contributed by atoms with E-state index in [1.54, 1.807) is 37.4 Å². The number of nitrogens with zero attached hydrogens (tertiary/aromatic N) is 4. The van der Waals surface area contributed by atoms with Gasteiger partial charge in [0.15, 0.2) is 0 Å². The molecule has 0 bridgehead atoms. The zero-order valence-corrected chi connectivity index (χ0v) is 10.0. The molecule has 0 unspecified atom stereocenters. The van der Waals surface area contributed by atoms with Crippen LogP contribution in [0, 0.1) is 0 Å². The molecule has 0 spiro atoms. The molecule has 1 N–H and O–H groups in total. The highest BCUT2D eigenvalue weighted by Gasteiger charge is 2.02. The number of aliphatic hydroxyl groups is 1. The lowest BCUT2D eigenvalue weighted by molar-refractivity contribution is -0.125. The fourth-order valence-corrected chi connectivity index (χ4v) is 1.26. The molecule has 0 saturated heterocycles. The number of amides is 1. The first kappa shape index (κ1) is 13.8. The van der Waals surface area contributed by atoms with Gasteiger partial charge in [0.2, 0.25) is 5.91 Å². The summed E-state index contributed by atoms with van der Waals surface area (Å²) in [6.07, 6.45) is 3.09. The van der Waals surface area contributed by atoms with Crippen LogP contribution in [0.2, 0.25) is 0 Å². The van der Waals surface area contributed by atoms with E-state index in [2.05, 4.69) is 10.0 Å². The van der Waals surface area contributed by atoms with Crippen LogP contribution in [0.25, 0.3) is 16.5 Å². The van der Waals surface area contributed by atoms with Gasteiger partial charge in [0, 0.05) is 30.3 Å². The summed E-state index contributed by atoms with van der Waals surface area (Å²) in [5.74, 6) is -0.178. The number of carbonyl (C=O) groups is 1. The average molecular weight is 246 g/mol. The molecular weight excluding hydrogens is 232 g/mol. The van der Waals surface area contributed by atoms with E-state index in [1.807, 2.05) is 0 Å². The van der Waals surface area contributed by atoms with Crippen LogP contribution in [0.4, 0.5) is 5.69 Å². The van der Waals surface area contributed by atoms with Crippen molar-refractivity contribution < 1.29 is 9.90 Å². The summed E-state index contributed by atoms with van der Waals surface area (Å²) in [5, 5.41) is 12.1. The van der Waals surface area contributed by atoms with Gasteiger partial charge < -0.3 is 10.0 Å². The molecule has 0 aliphatic rings. The maximum absolute atomic E-state index is 11.5. The minimum atomic E-state index is -0.178. The molecule has 0 heterocycles. The number of carbonyl (C=O) groups excluding carboxylic acids is 1. The molecule has 1 amide bonds. The summed E-state index contributed by atoms with van der Waals surface area (Å²) in [5.41, 5.74) is 9.61. The Bertz CT molecular complexity index is 475. The minimum absolute atomic E-state index is 0.0586. The maximum atomic E-state index is 11.5. The van der Waals surface area contributed by atoms with Crippen molar-refractivity contribution in [3.8, 4) is 0 Å². The second-order valence-electron chi connectivity index (χ2n) is 3.60. The summed E-state index contributed by atoms with van der Waals surface area (Å²) >= 11 is 0. The van der Waals surface area contributed by atoms with Crippen LogP contribution in [-0.2, 0) is 4.79 Å². The summed E-state index contributed by atoms with van der Waals surface area (Å²) in [6.45, 7) is 0.246. The molecule has 6 nitrogen and oxygen atoms in total. The first-order valence-electron chi connectivity index (χ1n) is 5.36. The number of rotatable bonds is 5. The molecule has 18 heavy (non-hydrogen) atoms. The van der Waals surface area contributed by atoms with Crippen LogP contribution >= 0.6 is 0 Å². The Hall–Kier alpha value is -2.30. The highest BCUT2D eigenvalue weighted by atomic mass is 16.3. The first-order valence-corrected chi connectivity index (χ1v) is 5.36. The molecule has 0 aliphatic heterocycles. The van der Waals surface area contributed by atoms with Gasteiger partial charge >= 0.3 is 0 Å². The Kier molecular flexibility index (Phi) is 5.44. The third kappa shape index (κ3) is 4.29. The molecule has 94 valence electrons. The molecular formula is C12H14N4O2. The molecule has 0 aromatic heterocycles. The lowest BCUT2D eigenvalue weighted by Gasteiger charge is -2.12. The van der Waals surface area contributed by atoms with Crippen molar-refractivity contribution in [3.63, 3.8) is 0 Å². The van der Waals surface area contributed by atoms with Crippen molar-refractivity contribution in [3.05, 3.63) is 46.3 Å². The van der Waals surface area contributed by atoms with Crippen LogP contribution in [0.5, 0.6) is 0 Å². The highest BCUT2D eigenvalue weighted by Crippen LogP contribution is 2.13. The Labute approximate surface area is 105 Å². The average Bonchev–Trinajstić information content (AvgIpc) is 2.38. The van der Waals surface area contributed by atoms with Gasteiger partial charge in [-0.25, -0.2) is 0 Å². The van der Waals surface area contributed by atoms with Crippen molar-refractivity contribution in [1.82, 2.24) is 4.90 Å². The molecule has 0 saturated carbocycles. The van der Waals surface area contributed by atoms with E-state index in [0.29, 0.717) is 12.2 Å². The van der Waals surface area contributed by atoms with Gasteiger partial charge in [-0.1, -0.05) is 29.4 Å². The summed E-state index contributed by atoms with van der Waals surface area (Å²) < 4.78 is 0. The Morgan fingerprint density at radius 2 is 2.17 bits per heavy atom. The minimum Gasteiger partial charge on any atom is -0.395 e. The molecule has 0 fully saturated rings. The van der Waals surface area contributed by atoms with E-state index in [4.69, 9.17) is 10.6 Å². The lowest BCUT2D eigenvalue weighted by atomic mass is 10.2. The van der Waals surface area contributed by atoms with Gasteiger partial charge in [-0.2, -0.15) is 0 Å². The van der Waals surface area contributed by atoms with E-state index in [9.17, 15) is 4.79 Å². The number of benzene rings is 1. The van der Waals surface area contributed by atoms with Crippen molar-refractivity contribution in [2.24, 2.45) is 5.11 Å². The predicted molar refractivity (Wildman–Crippen MR) is 69.0 cm³/mol. The van der Waals surface area contributed by atoms with Gasteiger partial charge in [-0.05, 0) is 17.2 Å². The van der Waals surface area contributed by atoms with Crippen LogP contribution in [0.3, 0.4) is 0 Å². The number of hydrogen-bond donors (Lipinski definition) is 1. The van der Waals surface area contributed by atoms with Gasteiger partial charge in [0.1, 0.15) is 0 Å². The zero-order valence-electron chi connectivity index (χ0n) is 10.0. The van der Waals surface area contributed by atoms with E-state index in [1.165, 1.54) is 11.0 Å². The molecule has 0 aliphatic carbocycles. The Morgan fingerprint density at radius 1 is 1.50 bits per heavy atom. The smallest absolute Gasteiger partial charge is 0.246 e. The zero-order chi connectivity index (χ0) is 13.4. The fourth-order valence-electron chi connectivity index (χ4n) is 1.26. The van der Waals surface area contributed by atoms with Crippen LogP contribution in [0.1, 0.15) is 5.56 Å². The summed E-state index contributed by atoms with van der Waals surface area (Å²) in [7, 11) is 1.62. The summed E-state index contributed by atoms with van der Waals surface area (Å²) in [4.78, 5) is 15.6. The molecule has 0 radical (unpaired) electrons. The standard InChI is InChI=1S/C12H14N4O2/c1-16(8-9-17)12(18)7-4-10-2-5-11(6-3-10)14-15-13/h2-7,17H,8-9H2,1H3/b7-4+. The molecule has 1 aromatic rings.